The van der Waals surface area contributed by atoms with Crippen molar-refractivity contribution in [2.75, 3.05) is 32.8 Å². The lowest BCUT2D eigenvalue weighted by Crippen LogP contribution is -2.27. The van der Waals surface area contributed by atoms with Crippen LogP contribution in [0.5, 0.6) is 17.2 Å². The van der Waals surface area contributed by atoms with Crippen LogP contribution in [0.15, 0.2) is 30.3 Å². The number of carbonyl (C=O) groups is 2. The van der Waals surface area contributed by atoms with Crippen LogP contribution in [-0.2, 0) is 4.79 Å². The molecular weight excluding hydrogens is 350 g/mol. The minimum absolute atomic E-state index is 0.227. The second kappa shape index (κ2) is 8.44. The Hall–Kier alpha value is -3.22. The molecule has 0 heterocycles. The zero-order chi connectivity index (χ0) is 20.1. The normalized spacial score (nSPS) is 10.3. The third-order valence-corrected chi connectivity index (χ3v) is 4.10. The van der Waals surface area contributed by atoms with Gasteiger partial charge in [-0.2, -0.15) is 0 Å². The fraction of sp³-hybridized carbons (Fsp3) is 0.300. The topological polar surface area (TPSA) is 85.3 Å². The van der Waals surface area contributed by atoms with Gasteiger partial charge in [0.25, 0.3) is 5.91 Å². The highest BCUT2D eigenvalue weighted by Gasteiger charge is 2.20. The average Bonchev–Trinajstić information content (AvgIpc) is 2.65. The summed E-state index contributed by atoms with van der Waals surface area (Å²) in [6.07, 6.45) is 0. The number of aryl methyl sites for hydroxylation is 2. The van der Waals surface area contributed by atoms with Gasteiger partial charge in [0.1, 0.15) is 17.2 Å². The molecule has 7 nitrogen and oxygen atoms in total. The molecule has 1 N–H and O–H groups in total. The van der Waals surface area contributed by atoms with Gasteiger partial charge in [0.15, 0.2) is 6.61 Å². The molecule has 0 saturated carbocycles. The van der Waals surface area contributed by atoms with Crippen molar-refractivity contribution in [3.63, 3.8) is 0 Å². The lowest BCUT2D eigenvalue weighted by Gasteiger charge is -2.21. The lowest BCUT2D eigenvalue weighted by molar-refractivity contribution is -0.139. The summed E-state index contributed by atoms with van der Waals surface area (Å²) < 4.78 is 15.9. The molecular formula is C20H23NO6. The van der Waals surface area contributed by atoms with E-state index in [1.54, 1.807) is 58.3 Å². The molecule has 0 fully saturated rings. The van der Waals surface area contributed by atoms with Crippen molar-refractivity contribution >= 4 is 17.6 Å². The highest BCUT2D eigenvalue weighted by Crippen LogP contribution is 2.33. The first-order chi connectivity index (χ1) is 12.8. The van der Waals surface area contributed by atoms with Crippen LogP contribution < -0.4 is 19.1 Å². The molecule has 0 aliphatic heterocycles. The molecule has 0 aliphatic carbocycles. The Morgan fingerprint density at radius 3 is 2.19 bits per heavy atom. The molecule has 144 valence electrons. The number of benzene rings is 2. The minimum Gasteiger partial charge on any atom is -0.497 e. The van der Waals surface area contributed by atoms with Crippen LogP contribution in [0.3, 0.4) is 0 Å². The first kappa shape index (κ1) is 20.1. The van der Waals surface area contributed by atoms with Crippen molar-refractivity contribution in [3.05, 3.63) is 47.0 Å². The molecule has 0 aromatic heterocycles. The van der Waals surface area contributed by atoms with Gasteiger partial charge >= 0.3 is 5.97 Å². The number of ether oxygens (including phenoxy) is 3. The summed E-state index contributed by atoms with van der Waals surface area (Å²) in [6.45, 7) is 3.11. The molecule has 7 heteroatoms. The fourth-order valence-corrected chi connectivity index (χ4v) is 2.80. The number of aliphatic carboxylic acids is 1. The second-order valence-electron chi connectivity index (χ2n) is 6.02. The van der Waals surface area contributed by atoms with E-state index in [4.69, 9.17) is 19.3 Å². The van der Waals surface area contributed by atoms with E-state index in [0.29, 0.717) is 39.6 Å². The molecule has 0 radical (unpaired) electrons. The van der Waals surface area contributed by atoms with Crippen LogP contribution in [-0.4, -0.2) is 44.9 Å². The molecule has 1 amide bonds. The number of nitrogens with zero attached hydrogens (tertiary/aromatic N) is 1. The summed E-state index contributed by atoms with van der Waals surface area (Å²) >= 11 is 0. The van der Waals surface area contributed by atoms with Gasteiger partial charge in [0.2, 0.25) is 0 Å². The van der Waals surface area contributed by atoms with E-state index in [9.17, 15) is 9.59 Å². The van der Waals surface area contributed by atoms with Crippen LogP contribution >= 0.6 is 0 Å². The highest BCUT2D eigenvalue weighted by molar-refractivity contribution is 6.07. The number of anilines is 1. The zero-order valence-electron chi connectivity index (χ0n) is 16.0. The Labute approximate surface area is 158 Å². The second-order valence-corrected chi connectivity index (χ2v) is 6.02. The molecule has 0 unspecified atom stereocenters. The highest BCUT2D eigenvalue weighted by atomic mass is 16.5. The maximum absolute atomic E-state index is 13.0. The van der Waals surface area contributed by atoms with E-state index in [-0.39, 0.29) is 5.91 Å². The summed E-state index contributed by atoms with van der Waals surface area (Å²) in [5, 5.41) is 8.78. The Kier molecular flexibility index (Phi) is 6.28. The van der Waals surface area contributed by atoms with Gasteiger partial charge in [0, 0.05) is 18.7 Å². The van der Waals surface area contributed by atoms with Crippen LogP contribution in [0, 0.1) is 13.8 Å². The van der Waals surface area contributed by atoms with Gasteiger partial charge < -0.3 is 24.2 Å². The molecule has 0 aliphatic rings. The molecule has 2 aromatic rings. The number of methoxy groups -OCH3 is 2. The van der Waals surface area contributed by atoms with E-state index in [2.05, 4.69) is 0 Å². The molecule has 0 bridgehead atoms. The van der Waals surface area contributed by atoms with Gasteiger partial charge in [0.05, 0.1) is 19.9 Å². The largest absolute Gasteiger partial charge is 0.497 e. The summed E-state index contributed by atoms with van der Waals surface area (Å²) in [4.78, 5) is 25.2. The van der Waals surface area contributed by atoms with Gasteiger partial charge in [-0.15, -0.1) is 0 Å². The molecule has 0 saturated heterocycles. The summed E-state index contributed by atoms with van der Waals surface area (Å²) in [7, 11) is 4.74. The van der Waals surface area contributed by atoms with Gasteiger partial charge in [-0.3, -0.25) is 4.79 Å². The third kappa shape index (κ3) is 4.49. The number of carboxylic acids is 1. The standard InChI is InChI=1S/C20H23NO6/c1-12-8-14(9-13(2)19(12)27-11-18(22)23)20(24)21(3)16-7-6-15(25-4)10-17(16)26-5/h6-10H,11H2,1-5H3,(H,22,23). The molecule has 2 aromatic carbocycles. The first-order valence-corrected chi connectivity index (χ1v) is 8.24. The molecule has 0 atom stereocenters. The Morgan fingerprint density at radius 2 is 1.67 bits per heavy atom. The summed E-state index contributed by atoms with van der Waals surface area (Å²) in [5.74, 6) is 0.330. The maximum Gasteiger partial charge on any atom is 0.341 e. The number of amides is 1. The molecule has 2 rings (SSSR count). The van der Waals surface area contributed by atoms with E-state index in [1.807, 2.05) is 0 Å². The van der Waals surface area contributed by atoms with Crippen LogP contribution in [0.4, 0.5) is 5.69 Å². The SMILES string of the molecule is COc1ccc(N(C)C(=O)c2cc(C)c(OCC(=O)O)c(C)c2)c(OC)c1. The quantitative estimate of drug-likeness (QED) is 0.803. The number of carbonyl (C=O) groups excluding carboxylic acids is 1. The number of hydrogen-bond donors (Lipinski definition) is 1. The predicted molar refractivity (Wildman–Crippen MR) is 101 cm³/mol. The van der Waals surface area contributed by atoms with Crippen molar-refractivity contribution in [1.82, 2.24) is 0 Å². The van der Waals surface area contributed by atoms with Crippen molar-refractivity contribution in [1.29, 1.82) is 0 Å². The smallest absolute Gasteiger partial charge is 0.341 e. The lowest BCUT2D eigenvalue weighted by atomic mass is 10.0. The van der Waals surface area contributed by atoms with E-state index in [1.165, 1.54) is 12.0 Å². The zero-order valence-corrected chi connectivity index (χ0v) is 16.0. The van der Waals surface area contributed by atoms with Crippen molar-refractivity contribution in [3.8, 4) is 17.2 Å². The summed E-state index contributed by atoms with van der Waals surface area (Å²) in [5.41, 5.74) is 2.45. The van der Waals surface area contributed by atoms with Crippen LogP contribution in [0.2, 0.25) is 0 Å². The number of rotatable bonds is 7. The Bertz CT molecular complexity index is 839. The van der Waals surface area contributed by atoms with Crippen LogP contribution in [0.1, 0.15) is 21.5 Å². The van der Waals surface area contributed by atoms with Gasteiger partial charge in [-0.25, -0.2) is 4.79 Å². The average molecular weight is 373 g/mol. The maximum atomic E-state index is 13.0. The summed E-state index contributed by atoms with van der Waals surface area (Å²) in [6, 6.07) is 8.57. The first-order valence-electron chi connectivity index (χ1n) is 8.24. The van der Waals surface area contributed by atoms with E-state index >= 15 is 0 Å². The van der Waals surface area contributed by atoms with Gasteiger partial charge in [-0.1, -0.05) is 0 Å². The minimum atomic E-state index is -1.06. The van der Waals surface area contributed by atoms with E-state index < -0.39 is 12.6 Å². The van der Waals surface area contributed by atoms with Crippen molar-refractivity contribution in [2.45, 2.75) is 13.8 Å². The number of carboxylic acid groups (broad SMARTS) is 1. The monoisotopic (exact) mass is 373 g/mol. The van der Waals surface area contributed by atoms with Gasteiger partial charge in [-0.05, 0) is 49.2 Å². The predicted octanol–water partition coefficient (Wildman–Crippen LogP) is 3.06. The number of hydrogen-bond acceptors (Lipinski definition) is 5. The van der Waals surface area contributed by atoms with Crippen molar-refractivity contribution in [2.24, 2.45) is 0 Å². The molecule has 0 spiro atoms. The van der Waals surface area contributed by atoms with Crippen molar-refractivity contribution < 1.29 is 28.9 Å². The Morgan fingerprint density at radius 1 is 1.04 bits per heavy atom. The fourth-order valence-electron chi connectivity index (χ4n) is 2.80. The molecule has 27 heavy (non-hydrogen) atoms. The van der Waals surface area contributed by atoms with E-state index in [0.717, 1.165) is 0 Å². The Balaban J connectivity index is 2.33. The van der Waals surface area contributed by atoms with Crippen LogP contribution in [0.25, 0.3) is 0 Å². The third-order valence-electron chi connectivity index (χ3n) is 4.10.